The van der Waals surface area contributed by atoms with E-state index in [2.05, 4.69) is 59.8 Å². The summed E-state index contributed by atoms with van der Waals surface area (Å²) in [5, 5.41) is 10.5. The van der Waals surface area contributed by atoms with Gasteiger partial charge < -0.3 is 5.11 Å². The van der Waals surface area contributed by atoms with Crippen LogP contribution in [0.25, 0.3) is 6.08 Å². The normalized spacial score (nSPS) is 13.3. The van der Waals surface area contributed by atoms with Gasteiger partial charge >= 0.3 is 0 Å². The number of phenols is 1. The number of allylic oxidation sites excluding steroid dienone is 1. The molecule has 18 heavy (non-hydrogen) atoms. The first-order valence-electron chi connectivity index (χ1n) is 6.58. The van der Waals surface area contributed by atoms with Crippen molar-refractivity contribution in [1.29, 1.82) is 0 Å². The Labute approximate surface area is 112 Å². The molecule has 0 bridgehead atoms. The van der Waals surface area contributed by atoms with Crippen LogP contribution in [0.4, 0.5) is 0 Å². The highest BCUT2D eigenvalue weighted by molar-refractivity contribution is 5.59. The lowest BCUT2D eigenvalue weighted by Gasteiger charge is -2.27. The van der Waals surface area contributed by atoms with Crippen molar-refractivity contribution in [3.05, 3.63) is 34.9 Å². The summed E-state index contributed by atoms with van der Waals surface area (Å²) in [6, 6.07) is 4.18. The minimum Gasteiger partial charge on any atom is -0.507 e. The van der Waals surface area contributed by atoms with Gasteiger partial charge in [-0.25, -0.2) is 0 Å². The van der Waals surface area contributed by atoms with Crippen molar-refractivity contribution in [2.75, 3.05) is 0 Å². The van der Waals surface area contributed by atoms with Crippen molar-refractivity contribution in [1.82, 2.24) is 0 Å². The van der Waals surface area contributed by atoms with Crippen molar-refractivity contribution in [3.63, 3.8) is 0 Å². The Balaban J connectivity index is 3.59. The Kier molecular flexibility index (Phi) is 3.95. The van der Waals surface area contributed by atoms with Gasteiger partial charge in [-0.2, -0.15) is 0 Å². The van der Waals surface area contributed by atoms with Crippen molar-refractivity contribution < 1.29 is 5.11 Å². The molecule has 0 saturated heterocycles. The van der Waals surface area contributed by atoms with Crippen LogP contribution in [0, 0.1) is 0 Å². The van der Waals surface area contributed by atoms with Gasteiger partial charge in [0.2, 0.25) is 0 Å². The van der Waals surface area contributed by atoms with Crippen molar-refractivity contribution in [3.8, 4) is 5.75 Å². The Morgan fingerprint density at radius 3 is 1.56 bits per heavy atom. The lowest BCUT2D eigenvalue weighted by Crippen LogP contribution is -2.17. The number of benzene rings is 1. The number of phenolic OH excluding ortho intramolecular Hbond substituents is 1. The van der Waals surface area contributed by atoms with Crippen LogP contribution in [0.15, 0.2) is 18.2 Å². The summed E-state index contributed by atoms with van der Waals surface area (Å²) in [5.74, 6) is 0.447. The highest BCUT2D eigenvalue weighted by atomic mass is 16.3. The van der Waals surface area contributed by atoms with Crippen LogP contribution >= 0.6 is 0 Å². The van der Waals surface area contributed by atoms with Gasteiger partial charge in [0.15, 0.2) is 0 Å². The SMILES string of the molecule is C/C=C/c1cc(C(C)(C)C)c(O)c(C(C)(C)C)c1. The molecule has 0 radical (unpaired) electrons. The molecule has 0 unspecified atom stereocenters. The number of aromatic hydroxyl groups is 1. The van der Waals surface area contributed by atoms with Crippen LogP contribution in [0.1, 0.15) is 65.2 Å². The maximum atomic E-state index is 10.5. The zero-order chi connectivity index (χ0) is 14.1. The first-order chi connectivity index (χ1) is 8.07. The first-order valence-corrected chi connectivity index (χ1v) is 6.58. The standard InChI is InChI=1S/C17H26O/c1-8-9-12-10-13(16(2,3)4)15(18)14(11-12)17(5,6)7/h8-11,18H,1-7H3/b9-8+. The molecule has 0 saturated carbocycles. The van der Waals surface area contributed by atoms with Crippen molar-refractivity contribution >= 4 is 6.08 Å². The van der Waals surface area contributed by atoms with Crippen molar-refractivity contribution in [2.45, 2.75) is 59.3 Å². The lowest BCUT2D eigenvalue weighted by atomic mass is 9.78. The smallest absolute Gasteiger partial charge is 0.123 e. The second-order valence-electron chi connectivity index (χ2n) is 6.96. The highest BCUT2D eigenvalue weighted by Crippen LogP contribution is 2.39. The average Bonchev–Trinajstić information content (AvgIpc) is 2.17. The third kappa shape index (κ3) is 3.16. The average molecular weight is 246 g/mol. The molecule has 0 aromatic heterocycles. The van der Waals surface area contributed by atoms with Crippen LogP contribution in [0.5, 0.6) is 5.75 Å². The number of hydrogen-bond donors (Lipinski definition) is 1. The maximum Gasteiger partial charge on any atom is 0.123 e. The molecular weight excluding hydrogens is 220 g/mol. The molecule has 0 amide bonds. The van der Waals surface area contributed by atoms with Crippen LogP contribution in [-0.4, -0.2) is 5.11 Å². The molecule has 0 aliphatic rings. The van der Waals surface area contributed by atoms with Gasteiger partial charge in [-0.05, 0) is 35.4 Å². The summed E-state index contributed by atoms with van der Waals surface area (Å²) in [5.41, 5.74) is 3.08. The van der Waals surface area contributed by atoms with E-state index >= 15 is 0 Å². The van der Waals surface area contributed by atoms with Gasteiger partial charge in [0.25, 0.3) is 0 Å². The molecule has 1 rings (SSSR count). The zero-order valence-electron chi connectivity index (χ0n) is 12.8. The summed E-state index contributed by atoms with van der Waals surface area (Å²) in [7, 11) is 0. The molecule has 0 heterocycles. The molecule has 0 spiro atoms. The number of hydrogen-bond acceptors (Lipinski definition) is 1. The van der Waals surface area contributed by atoms with E-state index in [1.54, 1.807) is 0 Å². The molecule has 100 valence electrons. The van der Waals surface area contributed by atoms with E-state index in [-0.39, 0.29) is 10.8 Å². The summed E-state index contributed by atoms with van der Waals surface area (Å²) in [6.45, 7) is 14.8. The maximum absolute atomic E-state index is 10.5. The van der Waals surface area contributed by atoms with E-state index in [9.17, 15) is 5.11 Å². The molecule has 1 N–H and O–H groups in total. The quantitative estimate of drug-likeness (QED) is 0.737. The molecule has 0 atom stereocenters. The molecule has 0 fully saturated rings. The third-order valence-corrected chi connectivity index (χ3v) is 3.11. The van der Waals surface area contributed by atoms with Crippen LogP contribution in [0.3, 0.4) is 0 Å². The summed E-state index contributed by atoms with van der Waals surface area (Å²) < 4.78 is 0. The summed E-state index contributed by atoms with van der Waals surface area (Å²) in [6.07, 6.45) is 4.12. The molecule has 1 aromatic rings. The fraction of sp³-hybridized carbons (Fsp3) is 0.529. The van der Waals surface area contributed by atoms with E-state index in [0.717, 1.165) is 16.7 Å². The molecule has 1 nitrogen and oxygen atoms in total. The number of rotatable bonds is 1. The van der Waals surface area contributed by atoms with Gasteiger partial charge in [0.1, 0.15) is 5.75 Å². The third-order valence-electron chi connectivity index (χ3n) is 3.11. The van der Waals surface area contributed by atoms with Gasteiger partial charge in [-0.15, -0.1) is 0 Å². The minimum absolute atomic E-state index is 0.0539. The van der Waals surface area contributed by atoms with Gasteiger partial charge in [-0.1, -0.05) is 53.7 Å². The zero-order valence-corrected chi connectivity index (χ0v) is 12.8. The van der Waals surface area contributed by atoms with Crippen LogP contribution < -0.4 is 0 Å². The second-order valence-corrected chi connectivity index (χ2v) is 6.96. The highest BCUT2D eigenvalue weighted by Gasteiger charge is 2.25. The summed E-state index contributed by atoms with van der Waals surface area (Å²) in [4.78, 5) is 0. The van der Waals surface area contributed by atoms with Gasteiger partial charge in [0.05, 0.1) is 0 Å². The van der Waals surface area contributed by atoms with Crippen LogP contribution in [-0.2, 0) is 10.8 Å². The predicted octanol–water partition coefficient (Wildman–Crippen LogP) is 5.02. The Hall–Kier alpha value is -1.24. The van der Waals surface area contributed by atoms with Gasteiger partial charge in [-0.3, -0.25) is 0 Å². The van der Waals surface area contributed by atoms with E-state index < -0.39 is 0 Å². The lowest BCUT2D eigenvalue weighted by molar-refractivity contribution is 0.423. The Morgan fingerprint density at radius 1 is 0.889 bits per heavy atom. The molecule has 1 heteroatoms. The molecule has 0 aliphatic heterocycles. The first kappa shape index (κ1) is 14.8. The molecular formula is C17H26O. The fourth-order valence-electron chi connectivity index (χ4n) is 2.09. The monoisotopic (exact) mass is 246 g/mol. The van der Waals surface area contributed by atoms with E-state index in [4.69, 9.17) is 0 Å². The largest absolute Gasteiger partial charge is 0.507 e. The second kappa shape index (κ2) is 4.79. The van der Waals surface area contributed by atoms with E-state index in [1.165, 1.54) is 0 Å². The summed E-state index contributed by atoms with van der Waals surface area (Å²) >= 11 is 0. The predicted molar refractivity (Wildman–Crippen MR) is 80.2 cm³/mol. The van der Waals surface area contributed by atoms with E-state index in [1.807, 2.05) is 13.0 Å². The minimum atomic E-state index is -0.0539. The van der Waals surface area contributed by atoms with Crippen molar-refractivity contribution in [2.24, 2.45) is 0 Å². The Morgan fingerprint density at radius 2 is 1.28 bits per heavy atom. The topological polar surface area (TPSA) is 20.2 Å². The fourth-order valence-corrected chi connectivity index (χ4v) is 2.09. The molecule has 1 aromatic carbocycles. The van der Waals surface area contributed by atoms with Crippen LogP contribution in [0.2, 0.25) is 0 Å². The molecule has 0 aliphatic carbocycles. The van der Waals surface area contributed by atoms with Gasteiger partial charge in [0, 0.05) is 11.1 Å². The Bertz CT molecular complexity index is 418. The van der Waals surface area contributed by atoms with E-state index in [0.29, 0.717) is 5.75 Å².